The van der Waals surface area contributed by atoms with Gasteiger partial charge in [-0.05, 0) is 17.5 Å². The van der Waals surface area contributed by atoms with Crippen LogP contribution in [0.5, 0.6) is 0 Å². The molecule has 1 N–H and O–H groups in total. The number of fused-ring (bicyclic) bond motifs is 1. The van der Waals surface area contributed by atoms with E-state index in [0.29, 0.717) is 0 Å². The van der Waals surface area contributed by atoms with Crippen molar-refractivity contribution in [1.29, 1.82) is 0 Å². The van der Waals surface area contributed by atoms with Crippen LogP contribution in [0.15, 0.2) is 24.3 Å². The molecule has 1 nitrogen and oxygen atoms in total. The molecule has 0 spiro atoms. The van der Waals surface area contributed by atoms with E-state index in [4.69, 9.17) is 0 Å². The van der Waals surface area contributed by atoms with Crippen LogP contribution >= 0.6 is 15.9 Å². The van der Waals surface area contributed by atoms with Crippen LogP contribution in [0.3, 0.4) is 0 Å². The normalized spacial score (nSPS) is 28.5. The van der Waals surface area contributed by atoms with Crippen molar-refractivity contribution in [2.45, 2.75) is 17.4 Å². The van der Waals surface area contributed by atoms with E-state index < -0.39 is 0 Å². The largest absolute Gasteiger partial charge is 0.387 e. The van der Waals surface area contributed by atoms with E-state index in [0.717, 1.165) is 12.0 Å². The van der Waals surface area contributed by atoms with Crippen molar-refractivity contribution in [3.05, 3.63) is 35.4 Å². The highest BCUT2D eigenvalue weighted by atomic mass is 79.9. The fraction of sp³-hybridized carbons (Fsp3) is 0.333. The van der Waals surface area contributed by atoms with Crippen molar-refractivity contribution in [1.82, 2.24) is 0 Å². The van der Waals surface area contributed by atoms with Gasteiger partial charge in [-0.25, -0.2) is 0 Å². The van der Waals surface area contributed by atoms with Crippen LogP contribution in [0.2, 0.25) is 0 Å². The zero-order valence-corrected chi connectivity index (χ0v) is 7.58. The number of aliphatic hydroxyl groups excluding tert-OH is 1. The maximum atomic E-state index is 9.60. The maximum absolute atomic E-state index is 9.60. The zero-order valence-electron chi connectivity index (χ0n) is 6.00. The van der Waals surface area contributed by atoms with Crippen LogP contribution in [-0.2, 0) is 6.42 Å². The van der Waals surface area contributed by atoms with Crippen molar-refractivity contribution in [3.8, 4) is 0 Å². The van der Waals surface area contributed by atoms with Crippen molar-refractivity contribution >= 4 is 15.9 Å². The maximum Gasteiger partial charge on any atom is 0.0920 e. The Balaban J connectivity index is 2.47. The molecule has 2 atom stereocenters. The first-order chi connectivity index (χ1) is 5.29. The summed E-state index contributed by atoms with van der Waals surface area (Å²) in [4.78, 5) is 0.208. The number of hydrogen-bond donors (Lipinski definition) is 1. The van der Waals surface area contributed by atoms with Gasteiger partial charge in [-0.2, -0.15) is 0 Å². The van der Waals surface area contributed by atoms with Gasteiger partial charge >= 0.3 is 0 Å². The second-order valence-corrected chi connectivity index (χ2v) is 4.04. The fourth-order valence-electron chi connectivity index (χ4n) is 1.53. The molecule has 2 heteroatoms. The molecule has 1 aliphatic carbocycles. The molecule has 0 amide bonds. The third kappa shape index (κ3) is 1.10. The summed E-state index contributed by atoms with van der Waals surface area (Å²) in [5.74, 6) is 0. The smallest absolute Gasteiger partial charge is 0.0920 e. The Morgan fingerprint density at radius 2 is 2.09 bits per heavy atom. The van der Waals surface area contributed by atoms with Gasteiger partial charge in [-0.1, -0.05) is 40.2 Å². The molecule has 0 fully saturated rings. The molecule has 0 radical (unpaired) electrons. The van der Waals surface area contributed by atoms with Crippen LogP contribution in [0.25, 0.3) is 0 Å². The molecule has 0 aromatic heterocycles. The number of aliphatic hydroxyl groups is 1. The first kappa shape index (κ1) is 7.32. The quantitative estimate of drug-likeness (QED) is 0.654. The SMILES string of the molecule is O[C@H]1c2ccccc2C[C@H]1Br. The molecule has 0 unspecified atom stereocenters. The highest BCUT2D eigenvalue weighted by Gasteiger charge is 2.27. The fourth-order valence-corrected chi connectivity index (χ4v) is 2.16. The van der Waals surface area contributed by atoms with Crippen LogP contribution in [0.1, 0.15) is 17.2 Å². The number of hydrogen-bond acceptors (Lipinski definition) is 1. The zero-order chi connectivity index (χ0) is 7.84. The van der Waals surface area contributed by atoms with Crippen molar-refractivity contribution in [2.75, 3.05) is 0 Å². The van der Waals surface area contributed by atoms with Crippen LogP contribution in [0.4, 0.5) is 0 Å². The molecule has 2 rings (SSSR count). The first-order valence-electron chi connectivity index (χ1n) is 3.69. The van der Waals surface area contributed by atoms with Gasteiger partial charge < -0.3 is 5.11 Å². The van der Waals surface area contributed by atoms with Gasteiger partial charge in [0.05, 0.1) is 6.10 Å². The summed E-state index contributed by atoms with van der Waals surface area (Å²) in [6.07, 6.45) is 0.628. The molecular weight excluding hydrogens is 204 g/mol. The molecule has 0 saturated carbocycles. The molecule has 0 bridgehead atoms. The Hall–Kier alpha value is -0.340. The van der Waals surface area contributed by atoms with Gasteiger partial charge in [0.25, 0.3) is 0 Å². The molecule has 1 aliphatic rings. The summed E-state index contributed by atoms with van der Waals surface area (Å²) >= 11 is 3.43. The predicted octanol–water partition coefficient (Wildman–Crippen LogP) is 2.04. The second kappa shape index (κ2) is 2.61. The van der Waals surface area contributed by atoms with E-state index in [2.05, 4.69) is 22.0 Å². The van der Waals surface area contributed by atoms with Crippen molar-refractivity contribution in [2.24, 2.45) is 0 Å². The van der Waals surface area contributed by atoms with Crippen LogP contribution in [-0.4, -0.2) is 9.93 Å². The Kier molecular flexibility index (Phi) is 1.74. The Morgan fingerprint density at radius 3 is 2.82 bits per heavy atom. The first-order valence-corrected chi connectivity index (χ1v) is 4.60. The summed E-state index contributed by atoms with van der Waals surface area (Å²) in [6, 6.07) is 8.03. The lowest BCUT2D eigenvalue weighted by Crippen LogP contribution is -2.03. The lowest BCUT2D eigenvalue weighted by atomic mass is 10.1. The molecular formula is C9H9BrO. The average Bonchev–Trinajstić information content (AvgIpc) is 2.30. The third-order valence-corrected chi connectivity index (χ3v) is 2.96. The van der Waals surface area contributed by atoms with E-state index in [1.165, 1.54) is 5.56 Å². The molecule has 0 heterocycles. The van der Waals surface area contributed by atoms with Gasteiger partial charge in [0.15, 0.2) is 0 Å². The number of benzene rings is 1. The highest BCUT2D eigenvalue weighted by molar-refractivity contribution is 9.09. The average molecular weight is 213 g/mol. The molecule has 0 saturated heterocycles. The monoisotopic (exact) mass is 212 g/mol. The number of halogens is 1. The molecule has 58 valence electrons. The van der Waals surface area contributed by atoms with Gasteiger partial charge in [0.1, 0.15) is 0 Å². The minimum absolute atomic E-state index is 0.208. The Bertz CT molecular complexity index is 272. The number of alkyl halides is 1. The van der Waals surface area contributed by atoms with Gasteiger partial charge in [0, 0.05) is 4.83 Å². The molecule has 0 aliphatic heterocycles. The summed E-state index contributed by atoms with van der Waals surface area (Å²) in [7, 11) is 0. The topological polar surface area (TPSA) is 20.2 Å². The van der Waals surface area contributed by atoms with Gasteiger partial charge in [0.2, 0.25) is 0 Å². The summed E-state index contributed by atoms with van der Waals surface area (Å²) in [6.45, 7) is 0. The lowest BCUT2D eigenvalue weighted by molar-refractivity contribution is 0.187. The summed E-state index contributed by atoms with van der Waals surface area (Å²) in [5.41, 5.74) is 2.34. The van der Waals surface area contributed by atoms with Crippen LogP contribution < -0.4 is 0 Å². The standard InChI is InChI=1S/C9H9BrO/c10-8-5-6-3-1-2-4-7(6)9(8)11/h1-4,8-9,11H,5H2/t8-,9+/m1/s1. The minimum Gasteiger partial charge on any atom is -0.387 e. The lowest BCUT2D eigenvalue weighted by Gasteiger charge is -2.05. The molecule has 11 heavy (non-hydrogen) atoms. The predicted molar refractivity (Wildman–Crippen MR) is 47.8 cm³/mol. The Labute approximate surface area is 74.2 Å². The number of rotatable bonds is 0. The third-order valence-electron chi connectivity index (χ3n) is 2.13. The summed E-state index contributed by atoms with van der Waals surface area (Å²) in [5, 5.41) is 9.60. The highest BCUT2D eigenvalue weighted by Crippen LogP contribution is 2.35. The summed E-state index contributed by atoms with van der Waals surface area (Å²) < 4.78 is 0. The Morgan fingerprint density at radius 1 is 1.36 bits per heavy atom. The van der Waals surface area contributed by atoms with E-state index in [1.54, 1.807) is 0 Å². The van der Waals surface area contributed by atoms with E-state index in [1.807, 2.05) is 18.2 Å². The van der Waals surface area contributed by atoms with E-state index in [-0.39, 0.29) is 10.9 Å². The molecule has 1 aromatic carbocycles. The minimum atomic E-state index is -0.314. The van der Waals surface area contributed by atoms with E-state index >= 15 is 0 Å². The van der Waals surface area contributed by atoms with Crippen molar-refractivity contribution < 1.29 is 5.11 Å². The van der Waals surface area contributed by atoms with E-state index in [9.17, 15) is 5.11 Å². The van der Waals surface area contributed by atoms with Gasteiger partial charge in [-0.3, -0.25) is 0 Å². The van der Waals surface area contributed by atoms with Gasteiger partial charge in [-0.15, -0.1) is 0 Å². The van der Waals surface area contributed by atoms with Crippen LogP contribution in [0, 0.1) is 0 Å². The van der Waals surface area contributed by atoms with Crippen molar-refractivity contribution in [3.63, 3.8) is 0 Å². The molecule has 1 aromatic rings. The second-order valence-electron chi connectivity index (χ2n) is 2.86.